The van der Waals surface area contributed by atoms with Crippen LogP contribution in [0.5, 0.6) is 0 Å². The van der Waals surface area contributed by atoms with Gasteiger partial charge in [0.2, 0.25) is 0 Å². The first-order valence-electron chi connectivity index (χ1n) is 7.66. The SMILES string of the molecule is CNC(C)(CC(C)N1CCC2CCCCC21)C(=O)O. The zero-order valence-corrected chi connectivity index (χ0v) is 12.5. The Morgan fingerprint density at radius 3 is 2.74 bits per heavy atom. The molecule has 1 aliphatic carbocycles. The highest BCUT2D eigenvalue weighted by Gasteiger charge is 2.41. The van der Waals surface area contributed by atoms with Crippen LogP contribution in [-0.4, -0.2) is 47.2 Å². The van der Waals surface area contributed by atoms with E-state index in [1.54, 1.807) is 14.0 Å². The van der Waals surface area contributed by atoms with Crippen LogP contribution in [0.15, 0.2) is 0 Å². The second-order valence-corrected chi connectivity index (χ2v) is 6.58. The number of likely N-dealkylation sites (N-methyl/N-ethyl adjacent to an activating group) is 1. The largest absolute Gasteiger partial charge is 0.480 e. The number of carboxylic acid groups (broad SMARTS) is 1. The van der Waals surface area contributed by atoms with Gasteiger partial charge in [0.05, 0.1) is 0 Å². The minimum atomic E-state index is -0.813. The smallest absolute Gasteiger partial charge is 0.323 e. The van der Waals surface area contributed by atoms with Gasteiger partial charge in [-0.15, -0.1) is 0 Å². The van der Waals surface area contributed by atoms with E-state index in [9.17, 15) is 9.90 Å². The van der Waals surface area contributed by atoms with Crippen molar-refractivity contribution in [3.63, 3.8) is 0 Å². The maximum Gasteiger partial charge on any atom is 0.323 e. The Labute approximate surface area is 116 Å². The summed E-state index contributed by atoms with van der Waals surface area (Å²) in [5.74, 6) is 0.114. The first-order chi connectivity index (χ1) is 8.98. The van der Waals surface area contributed by atoms with Crippen molar-refractivity contribution < 1.29 is 9.90 Å². The molecule has 0 aromatic carbocycles. The molecule has 1 heterocycles. The average Bonchev–Trinajstić information content (AvgIpc) is 2.82. The van der Waals surface area contributed by atoms with Crippen LogP contribution < -0.4 is 5.32 Å². The summed E-state index contributed by atoms with van der Waals surface area (Å²) < 4.78 is 0. The van der Waals surface area contributed by atoms with Crippen LogP contribution in [0.3, 0.4) is 0 Å². The molecule has 2 N–H and O–H groups in total. The molecule has 2 aliphatic rings. The van der Waals surface area contributed by atoms with Crippen LogP contribution >= 0.6 is 0 Å². The van der Waals surface area contributed by atoms with Gasteiger partial charge in [0.1, 0.15) is 5.54 Å². The summed E-state index contributed by atoms with van der Waals surface area (Å²) >= 11 is 0. The maximum atomic E-state index is 11.4. The number of fused-ring (bicyclic) bond motifs is 1. The van der Waals surface area contributed by atoms with Gasteiger partial charge in [-0.25, -0.2) is 0 Å². The highest BCUT2D eigenvalue weighted by molar-refractivity contribution is 5.78. The van der Waals surface area contributed by atoms with E-state index in [1.165, 1.54) is 32.1 Å². The number of carbonyl (C=O) groups is 1. The van der Waals surface area contributed by atoms with Crippen LogP contribution in [0.4, 0.5) is 0 Å². The molecule has 19 heavy (non-hydrogen) atoms. The predicted molar refractivity (Wildman–Crippen MR) is 76.2 cm³/mol. The van der Waals surface area contributed by atoms with E-state index in [4.69, 9.17) is 0 Å². The van der Waals surface area contributed by atoms with Crippen LogP contribution in [0.1, 0.15) is 52.4 Å². The third-order valence-electron chi connectivity index (χ3n) is 5.35. The molecule has 4 atom stereocenters. The summed E-state index contributed by atoms with van der Waals surface area (Å²) in [6.45, 7) is 5.13. The van der Waals surface area contributed by atoms with E-state index < -0.39 is 11.5 Å². The average molecular weight is 268 g/mol. The van der Waals surface area contributed by atoms with Crippen molar-refractivity contribution >= 4 is 5.97 Å². The fraction of sp³-hybridized carbons (Fsp3) is 0.933. The Kier molecular flexibility index (Phi) is 4.51. The van der Waals surface area contributed by atoms with E-state index in [0.717, 1.165) is 12.5 Å². The highest BCUT2D eigenvalue weighted by Crippen LogP contribution is 2.38. The van der Waals surface area contributed by atoms with Crippen LogP contribution in [0.25, 0.3) is 0 Å². The van der Waals surface area contributed by atoms with E-state index in [-0.39, 0.29) is 0 Å². The van der Waals surface area contributed by atoms with Crippen molar-refractivity contribution in [1.29, 1.82) is 0 Å². The topological polar surface area (TPSA) is 52.6 Å². The Morgan fingerprint density at radius 1 is 1.42 bits per heavy atom. The summed E-state index contributed by atoms with van der Waals surface area (Å²) in [5.41, 5.74) is -0.813. The zero-order chi connectivity index (χ0) is 14.0. The molecule has 4 heteroatoms. The Balaban J connectivity index is 2.00. The summed E-state index contributed by atoms with van der Waals surface area (Å²) in [4.78, 5) is 14.0. The zero-order valence-electron chi connectivity index (χ0n) is 12.5. The molecule has 0 aromatic rings. The quantitative estimate of drug-likeness (QED) is 0.801. The second kappa shape index (κ2) is 5.80. The number of aliphatic carboxylic acids is 1. The van der Waals surface area contributed by atoms with Crippen molar-refractivity contribution in [1.82, 2.24) is 10.2 Å². The third-order valence-corrected chi connectivity index (χ3v) is 5.35. The Hall–Kier alpha value is -0.610. The summed E-state index contributed by atoms with van der Waals surface area (Å²) in [6.07, 6.45) is 7.37. The molecule has 4 unspecified atom stereocenters. The molecule has 4 nitrogen and oxygen atoms in total. The molecule has 0 bridgehead atoms. The third kappa shape index (κ3) is 2.95. The van der Waals surface area contributed by atoms with Gasteiger partial charge in [-0.3, -0.25) is 9.69 Å². The van der Waals surface area contributed by atoms with Crippen LogP contribution in [0.2, 0.25) is 0 Å². The first-order valence-corrected chi connectivity index (χ1v) is 7.66. The molecule has 2 fully saturated rings. The molecule has 1 saturated carbocycles. The lowest BCUT2D eigenvalue weighted by atomic mass is 9.84. The lowest BCUT2D eigenvalue weighted by Crippen LogP contribution is -2.53. The van der Waals surface area contributed by atoms with Gasteiger partial charge in [0, 0.05) is 12.1 Å². The Bertz CT molecular complexity index is 334. The number of rotatable bonds is 5. The number of hydrogen-bond donors (Lipinski definition) is 2. The lowest BCUT2D eigenvalue weighted by Gasteiger charge is -2.38. The van der Waals surface area contributed by atoms with Gasteiger partial charge in [0.25, 0.3) is 0 Å². The minimum Gasteiger partial charge on any atom is -0.480 e. The van der Waals surface area contributed by atoms with E-state index in [1.807, 2.05) is 0 Å². The predicted octanol–water partition coefficient (Wildman–Crippen LogP) is 2.09. The standard InChI is InChI=1S/C15H28N2O2/c1-11(10-15(2,16-3)14(18)19)17-9-8-12-6-4-5-7-13(12)17/h11-13,16H,4-10H2,1-3H3,(H,18,19). The number of carboxylic acids is 1. The van der Waals surface area contributed by atoms with Crippen molar-refractivity contribution in [3.05, 3.63) is 0 Å². The molecular formula is C15H28N2O2. The number of nitrogens with one attached hydrogen (secondary N) is 1. The summed E-state index contributed by atoms with van der Waals surface area (Å²) in [7, 11) is 1.74. The highest BCUT2D eigenvalue weighted by atomic mass is 16.4. The summed E-state index contributed by atoms with van der Waals surface area (Å²) in [6, 6.07) is 1.04. The van der Waals surface area contributed by atoms with Crippen LogP contribution in [-0.2, 0) is 4.79 Å². The molecule has 2 rings (SSSR count). The van der Waals surface area contributed by atoms with E-state index in [2.05, 4.69) is 17.1 Å². The molecular weight excluding hydrogens is 240 g/mol. The molecule has 0 radical (unpaired) electrons. The van der Waals surface area contributed by atoms with Crippen molar-refractivity contribution in [3.8, 4) is 0 Å². The lowest BCUT2D eigenvalue weighted by molar-refractivity contribution is -0.144. The monoisotopic (exact) mass is 268 g/mol. The van der Waals surface area contributed by atoms with Crippen LogP contribution in [0, 0.1) is 5.92 Å². The molecule has 1 aliphatic heterocycles. The number of likely N-dealkylation sites (tertiary alicyclic amines) is 1. The van der Waals surface area contributed by atoms with E-state index >= 15 is 0 Å². The van der Waals surface area contributed by atoms with Gasteiger partial charge >= 0.3 is 5.97 Å². The summed E-state index contributed by atoms with van der Waals surface area (Å²) in [5, 5.41) is 12.4. The van der Waals surface area contributed by atoms with E-state index in [0.29, 0.717) is 18.5 Å². The van der Waals surface area contributed by atoms with Crippen molar-refractivity contribution in [2.75, 3.05) is 13.6 Å². The maximum absolute atomic E-state index is 11.4. The van der Waals surface area contributed by atoms with Crippen molar-refractivity contribution in [2.24, 2.45) is 5.92 Å². The fourth-order valence-electron chi connectivity index (χ4n) is 3.99. The number of nitrogens with zero attached hydrogens (tertiary/aromatic N) is 1. The fourth-order valence-corrected chi connectivity index (χ4v) is 3.99. The number of hydrogen-bond acceptors (Lipinski definition) is 3. The minimum absolute atomic E-state index is 0.335. The van der Waals surface area contributed by atoms with Crippen molar-refractivity contribution in [2.45, 2.75) is 70.0 Å². The van der Waals surface area contributed by atoms with Gasteiger partial charge in [-0.1, -0.05) is 12.8 Å². The van der Waals surface area contributed by atoms with Gasteiger partial charge in [-0.05, 0) is 59.0 Å². The van der Waals surface area contributed by atoms with Gasteiger partial charge in [0.15, 0.2) is 0 Å². The molecule has 0 aromatic heterocycles. The molecule has 0 spiro atoms. The Morgan fingerprint density at radius 2 is 2.11 bits per heavy atom. The second-order valence-electron chi connectivity index (χ2n) is 6.58. The first kappa shape index (κ1) is 14.8. The van der Waals surface area contributed by atoms with Gasteiger partial charge in [-0.2, -0.15) is 0 Å². The normalized spacial score (nSPS) is 32.6. The molecule has 1 saturated heterocycles. The molecule has 0 amide bonds. The van der Waals surface area contributed by atoms with Gasteiger partial charge < -0.3 is 10.4 Å². The molecule has 110 valence electrons.